The summed E-state index contributed by atoms with van der Waals surface area (Å²) in [6.45, 7) is 3.64. The van der Waals surface area contributed by atoms with E-state index in [9.17, 15) is 0 Å². The largest absolute Gasteiger partial charge is 0.314 e. The molecule has 2 rings (SSSR count). The summed E-state index contributed by atoms with van der Waals surface area (Å²) in [7, 11) is 2.25. The maximum Gasteiger partial charge on any atom is 0.0246 e. The molecule has 2 aliphatic rings. The second-order valence-electron chi connectivity index (χ2n) is 3.59. The van der Waals surface area contributed by atoms with E-state index < -0.39 is 0 Å². The van der Waals surface area contributed by atoms with E-state index in [1.54, 1.807) is 0 Å². The van der Waals surface area contributed by atoms with Gasteiger partial charge < -0.3 is 10.2 Å². The van der Waals surface area contributed by atoms with E-state index in [1.165, 1.54) is 32.5 Å². The third kappa shape index (κ3) is 1.18. The van der Waals surface area contributed by atoms with Crippen molar-refractivity contribution in [3.05, 3.63) is 0 Å². The third-order valence-corrected chi connectivity index (χ3v) is 2.73. The minimum atomic E-state index is 0.855. The molecular formula is C8H16N2. The maximum atomic E-state index is 3.44. The molecule has 0 spiro atoms. The van der Waals surface area contributed by atoms with Gasteiger partial charge in [0.1, 0.15) is 0 Å². The quantitative estimate of drug-likeness (QED) is 0.563. The first-order valence-electron chi connectivity index (χ1n) is 4.29. The lowest BCUT2D eigenvalue weighted by molar-refractivity contribution is 0.180. The second kappa shape index (κ2) is 2.51. The lowest BCUT2D eigenvalue weighted by atomic mass is 10.1. The fourth-order valence-electron chi connectivity index (χ4n) is 1.83. The number of likely N-dealkylation sites (N-methyl/N-ethyl adjacent to an activating group) is 1. The van der Waals surface area contributed by atoms with Gasteiger partial charge in [0.2, 0.25) is 0 Å². The van der Waals surface area contributed by atoms with E-state index in [-0.39, 0.29) is 0 Å². The van der Waals surface area contributed by atoms with E-state index in [1.807, 2.05) is 0 Å². The van der Waals surface area contributed by atoms with Crippen LogP contribution in [0, 0.1) is 5.92 Å². The zero-order chi connectivity index (χ0) is 6.97. The lowest BCUT2D eigenvalue weighted by Crippen LogP contribution is -2.50. The molecule has 1 saturated carbocycles. The maximum absolute atomic E-state index is 3.44. The van der Waals surface area contributed by atoms with Crippen LogP contribution in [-0.4, -0.2) is 37.6 Å². The van der Waals surface area contributed by atoms with Crippen molar-refractivity contribution in [3.8, 4) is 0 Å². The molecule has 1 unspecified atom stereocenters. The van der Waals surface area contributed by atoms with Gasteiger partial charge in [0, 0.05) is 25.7 Å². The average Bonchev–Trinajstić information content (AvgIpc) is 2.71. The SMILES string of the molecule is CN1CCNCC1C1CC1. The Morgan fingerprint density at radius 1 is 1.40 bits per heavy atom. The molecule has 1 aliphatic heterocycles. The van der Waals surface area contributed by atoms with Crippen molar-refractivity contribution in [2.24, 2.45) is 5.92 Å². The molecule has 1 N–H and O–H groups in total. The van der Waals surface area contributed by atoms with E-state index in [2.05, 4.69) is 17.3 Å². The van der Waals surface area contributed by atoms with Crippen molar-refractivity contribution >= 4 is 0 Å². The molecule has 1 atom stereocenters. The predicted molar refractivity (Wildman–Crippen MR) is 42.0 cm³/mol. The Morgan fingerprint density at radius 3 is 2.80 bits per heavy atom. The van der Waals surface area contributed by atoms with Crippen molar-refractivity contribution in [3.63, 3.8) is 0 Å². The Labute approximate surface area is 62.6 Å². The molecule has 0 radical (unpaired) electrons. The van der Waals surface area contributed by atoms with Crippen LogP contribution >= 0.6 is 0 Å². The molecule has 1 aliphatic carbocycles. The summed E-state index contributed by atoms with van der Waals surface area (Å²) in [6, 6.07) is 0.855. The number of nitrogens with zero attached hydrogens (tertiary/aromatic N) is 1. The highest BCUT2D eigenvalue weighted by Crippen LogP contribution is 2.35. The Morgan fingerprint density at radius 2 is 2.20 bits per heavy atom. The fraction of sp³-hybridized carbons (Fsp3) is 1.00. The Hall–Kier alpha value is -0.0800. The molecular weight excluding hydrogens is 124 g/mol. The summed E-state index contributed by atoms with van der Waals surface area (Å²) in [5.41, 5.74) is 0. The monoisotopic (exact) mass is 140 g/mol. The normalized spacial score (nSPS) is 36.3. The van der Waals surface area contributed by atoms with Crippen LogP contribution in [0.2, 0.25) is 0 Å². The van der Waals surface area contributed by atoms with Gasteiger partial charge in [0.15, 0.2) is 0 Å². The molecule has 0 aromatic heterocycles. The van der Waals surface area contributed by atoms with Crippen molar-refractivity contribution in [2.45, 2.75) is 18.9 Å². The zero-order valence-electron chi connectivity index (χ0n) is 6.64. The smallest absolute Gasteiger partial charge is 0.0246 e. The van der Waals surface area contributed by atoms with Crippen molar-refractivity contribution in [2.75, 3.05) is 26.7 Å². The van der Waals surface area contributed by atoms with Crippen molar-refractivity contribution < 1.29 is 0 Å². The van der Waals surface area contributed by atoms with E-state index >= 15 is 0 Å². The van der Waals surface area contributed by atoms with Gasteiger partial charge in [0.05, 0.1) is 0 Å². The molecule has 2 heteroatoms. The van der Waals surface area contributed by atoms with E-state index in [0.717, 1.165) is 12.0 Å². The van der Waals surface area contributed by atoms with Gasteiger partial charge in [-0.15, -0.1) is 0 Å². The summed E-state index contributed by atoms with van der Waals surface area (Å²) >= 11 is 0. The molecule has 10 heavy (non-hydrogen) atoms. The molecule has 1 saturated heterocycles. The van der Waals surface area contributed by atoms with Gasteiger partial charge in [-0.05, 0) is 25.8 Å². The Bertz CT molecular complexity index is 120. The molecule has 1 heterocycles. The van der Waals surface area contributed by atoms with Gasteiger partial charge in [-0.3, -0.25) is 0 Å². The summed E-state index contributed by atoms with van der Waals surface area (Å²) in [4.78, 5) is 2.51. The van der Waals surface area contributed by atoms with Crippen molar-refractivity contribution in [1.82, 2.24) is 10.2 Å². The van der Waals surface area contributed by atoms with Crippen LogP contribution in [0.5, 0.6) is 0 Å². The number of hydrogen-bond donors (Lipinski definition) is 1. The fourth-order valence-corrected chi connectivity index (χ4v) is 1.83. The van der Waals surface area contributed by atoms with Crippen molar-refractivity contribution in [1.29, 1.82) is 0 Å². The van der Waals surface area contributed by atoms with Crippen LogP contribution in [0.25, 0.3) is 0 Å². The first kappa shape index (κ1) is 6.62. The van der Waals surface area contributed by atoms with Crippen LogP contribution in [0.3, 0.4) is 0 Å². The van der Waals surface area contributed by atoms with Crippen LogP contribution in [0.15, 0.2) is 0 Å². The molecule has 0 aromatic carbocycles. The number of hydrogen-bond acceptors (Lipinski definition) is 2. The lowest BCUT2D eigenvalue weighted by Gasteiger charge is -2.33. The first-order chi connectivity index (χ1) is 4.88. The second-order valence-corrected chi connectivity index (χ2v) is 3.59. The summed E-state index contributed by atoms with van der Waals surface area (Å²) in [6.07, 6.45) is 2.94. The zero-order valence-corrected chi connectivity index (χ0v) is 6.64. The topological polar surface area (TPSA) is 15.3 Å². The molecule has 2 fully saturated rings. The number of piperazine rings is 1. The molecule has 0 bridgehead atoms. The minimum Gasteiger partial charge on any atom is -0.314 e. The predicted octanol–water partition coefficient (Wildman–Crippen LogP) is 0.300. The average molecular weight is 140 g/mol. The Balaban J connectivity index is 1.90. The summed E-state index contributed by atoms with van der Waals surface area (Å²) in [5.74, 6) is 1.03. The number of rotatable bonds is 1. The summed E-state index contributed by atoms with van der Waals surface area (Å²) < 4.78 is 0. The van der Waals surface area contributed by atoms with Gasteiger partial charge in [-0.2, -0.15) is 0 Å². The molecule has 0 aromatic rings. The Kier molecular flexibility index (Phi) is 1.66. The van der Waals surface area contributed by atoms with Crippen LogP contribution < -0.4 is 5.32 Å². The third-order valence-electron chi connectivity index (χ3n) is 2.73. The molecule has 2 nitrogen and oxygen atoms in total. The molecule has 58 valence electrons. The van der Waals surface area contributed by atoms with Gasteiger partial charge in [-0.25, -0.2) is 0 Å². The summed E-state index contributed by atoms with van der Waals surface area (Å²) in [5, 5.41) is 3.44. The highest BCUT2D eigenvalue weighted by atomic mass is 15.2. The highest BCUT2D eigenvalue weighted by Gasteiger charge is 2.34. The van der Waals surface area contributed by atoms with Crippen LogP contribution in [0.1, 0.15) is 12.8 Å². The number of nitrogens with one attached hydrogen (secondary N) is 1. The van der Waals surface area contributed by atoms with Gasteiger partial charge >= 0.3 is 0 Å². The molecule has 0 amide bonds. The highest BCUT2D eigenvalue weighted by molar-refractivity contribution is 4.90. The van der Waals surface area contributed by atoms with E-state index in [4.69, 9.17) is 0 Å². The first-order valence-corrected chi connectivity index (χ1v) is 4.29. The van der Waals surface area contributed by atoms with E-state index in [0.29, 0.717) is 0 Å². The van der Waals surface area contributed by atoms with Crippen LogP contribution in [0.4, 0.5) is 0 Å². The standard InChI is InChI=1S/C8H16N2/c1-10-5-4-9-6-8(10)7-2-3-7/h7-9H,2-6H2,1H3. The van der Waals surface area contributed by atoms with Gasteiger partial charge in [0.25, 0.3) is 0 Å². The van der Waals surface area contributed by atoms with Gasteiger partial charge in [-0.1, -0.05) is 0 Å². The van der Waals surface area contributed by atoms with Crippen LogP contribution in [-0.2, 0) is 0 Å². The minimum absolute atomic E-state index is 0.855.